The van der Waals surface area contributed by atoms with Gasteiger partial charge in [0.15, 0.2) is 5.17 Å². The van der Waals surface area contributed by atoms with Crippen molar-refractivity contribution in [1.29, 1.82) is 0 Å². The normalized spacial score (nSPS) is 22.0. The molecule has 0 N–H and O–H groups in total. The Kier molecular flexibility index (Phi) is 3.26. The molecule has 1 aromatic rings. The fourth-order valence-electron chi connectivity index (χ4n) is 1.83. The summed E-state index contributed by atoms with van der Waals surface area (Å²) in [6.07, 6.45) is 2.14. The number of amidine groups is 1. The molecule has 0 atom stereocenters. The van der Waals surface area contributed by atoms with Crippen LogP contribution in [0.4, 0.5) is 5.69 Å². The highest BCUT2D eigenvalue weighted by molar-refractivity contribution is 8.15. The molecule has 1 aromatic carbocycles. The quantitative estimate of drug-likeness (QED) is 0.834. The van der Waals surface area contributed by atoms with Gasteiger partial charge < -0.3 is 0 Å². The lowest BCUT2D eigenvalue weighted by Crippen LogP contribution is -2.31. The minimum Gasteiger partial charge on any atom is -0.287 e. The van der Waals surface area contributed by atoms with Crippen LogP contribution >= 0.6 is 35.0 Å². The number of halogens is 2. The number of carbonyl (C=O) groups excluding carboxylic acids is 1. The van der Waals surface area contributed by atoms with Crippen LogP contribution in [0.15, 0.2) is 23.2 Å². The second-order valence-corrected chi connectivity index (χ2v) is 6.06. The van der Waals surface area contributed by atoms with Crippen LogP contribution in [0.1, 0.15) is 12.8 Å². The predicted octanol–water partition coefficient (Wildman–Crippen LogP) is 3.72. The van der Waals surface area contributed by atoms with E-state index in [1.54, 1.807) is 23.1 Å². The molecule has 1 saturated heterocycles. The van der Waals surface area contributed by atoms with E-state index in [1.807, 2.05) is 0 Å². The smallest absolute Gasteiger partial charge is 0.239 e. The van der Waals surface area contributed by atoms with Gasteiger partial charge in [-0.25, -0.2) is 4.99 Å². The van der Waals surface area contributed by atoms with E-state index in [0.717, 1.165) is 18.0 Å². The maximum absolute atomic E-state index is 11.8. The molecule has 0 aromatic heterocycles. The Balaban J connectivity index is 1.93. The van der Waals surface area contributed by atoms with Gasteiger partial charge in [-0.2, -0.15) is 0 Å². The Morgan fingerprint density at radius 3 is 2.78 bits per heavy atom. The van der Waals surface area contributed by atoms with Gasteiger partial charge in [-0.3, -0.25) is 9.69 Å². The molecule has 1 heterocycles. The molecule has 3 rings (SSSR count). The lowest BCUT2D eigenvalue weighted by atomic mass is 10.3. The average molecular weight is 301 g/mol. The van der Waals surface area contributed by atoms with Gasteiger partial charge in [0.2, 0.25) is 5.91 Å². The fraction of sp³-hybridized carbons (Fsp3) is 0.333. The van der Waals surface area contributed by atoms with Crippen molar-refractivity contribution in [2.45, 2.75) is 18.9 Å². The van der Waals surface area contributed by atoms with E-state index in [4.69, 9.17) is 23.2 Å². The molecule has 0 spiro atoms. The van der Waals surface area contributed by atoms with E-state index in [9.17, 15) is 4.79 Å². The van der Waals surface area contributed by atoms with Crippen LogP contribution < -0.4 is 0 Å². The molecular formula is C12H10Cl2N2OS. The average Bonchev–Trinajstić information content (AvgIpc) is 3.08. The number of hydrogen-bond donors (Lipinski definition) is 0. The first kappa shape index (κ1) is 12.3. The van der Waals surface area contributed by atoms with Crippen molar-refractivity contribution in [2.24, 2.45) is 4.99 Å². The third-order valence-electron chi connectivity index (χ3n) is 2.84. The number of nitrogens with zero attached hydrogens (tertiary/aromatic N) is 2. The van der Waals surface area contributed by atoms with Gasteiger partial charge in [-0.05, 0) is 31.0 Å². The van der Waals surface area contributed by atoms with Crippen LogP contribution in [0.2, 0.25) is 10.0 Å². The van der Waals surface area contributed by atoms with Crippen molar-refractivity contribution < 1.29 is 4.79 Å². The zero-order valence-electron chi connectivity index (χ0n) is 9.40. The number of hydrogen-bond acceptors (Lipinski definition) is 3. The van der Waals surface area contributed by atoms with Gasteiger partial charge in [0.1, 0.15) is 0 Å². The second-order valence-electron chi connectivity index (χ2n) is 4.27. The van der Waals surface area contributed by atoms with E-state index in [0.29, 0.717) is 27.5 Å². The molecule has 1 amide bonds. The third kappa shape index (κ3) is 2.37. The van der Waals surface area contributed by atoms with E-state index in [-0.39, 0.29) is 5.91 Å². The molecule has 3 nitrogen and oxygen atoms in total. The first-order valence-electron chi connectivity index (χ1n) is 5.64. The SMILES string of the molecule is O=C1CS/C(=N\c2ccc(Cl)cc2Cl)N1C1CC1. The number of amides is 1. The molecule has 6 heteroatoms. The van der Waals surface area contributed by atoms with Gasteiger partial charge in [-0.1, -0.05) is 35.0 Å². The predicted molar refractivity (Wildman–Crippen MR) is 75.9 cm³/mol. The fourth-order valence-corrected chi connectivity index (χ4v) is 3.22. The Morgan fingerprint density at radius 1 is 1.33 bits per heavy atom. The number of aliphatic imine (C=N–C) groups is 1. The maximum Gasteiger partial charge on any atom is 0.239 e. The van der Waals surface area contributed by atoms with Crippen LogP contribution in [0, 0.1) is 0 Å². The molecule has 0 bridgehead atoms. The minimum atomic E-state index is 0.145. The van der Waals surface area contributed by atoms with Crippen LogP contribution in [0.25, 0.3) is 0 Å². The summed E-state index contributed by atoms with van der Waals surface area (Å²) < 4.78 is 0. The maximum atomic E-state index is 11.8. The second kappa shape index (κ2) is 4.76. The van der Waals surface area contributed by atoms with Crippen molar-refractivity contribution in [3.05, 3.63) is 28.2 Å². The van der Waals surface area contributed by atoms with Crippen molar-refractivity contribution >= 4 is 51.7 Å². The first-order valence-corrected chi connectivity index (χ1v) is 7.38. The molecule has 2 aliphatic rings. The summed E-state index contributed by atoms with van der Waals surface area (Å²) in [6.45, 7) is 0. The van der Waals surface area contributed by atoms with Crippen LogP contribution in [0.5, 0.6) is 0 Å². The lowest BCUT2D eigenvalue weighted by molar-refractivity contribution is -0.124. The Hall–Kier alpha value is -0.710. The van der Waals surface area contributed by atoms with Crippen LogP contribution in [0.3, 0.4) is 0 Å². The molecule has 94 valence electrons. The molecule has 18 heavy (non-hydrogen) atoms. The highest BCUT2D eigenvalue weighted by atomic mass is 35.5. The molecule has 1 aliphatic carbocycles. The summed E-state index contributed by atoms with van der Waals surface area (Å²) in [5.41, 5.74) is 0.656. The number of thioether (sulfide) groups is 1. The van der Waals surface area contributed by atoms with Gasteiger partial charge in [0.25, 0.3) is 0 Å². The molecule has 0 radical (unpaired) electrons. The summed E-state index contributed by atoms with van der Waals surface area (Å²) in [6, 6.07) is 5.52. The topological polar surface area (TPSA) is 32.7 Å². The Morgan fingerprint density at radius 2 is 2.11 bits per heavy atom. The monoisotopic (exact) mass is 300 g/mol. The Labute approximate surface area is 119 Å². The number of carbonyl (C=O) groups is 1. The lowest BCUT2D eigenvalue weighted by Gasteiger charge is -2.14. The third-order valence-corrected chi connectivity index (χ3v) is 4.31. The standard InChI is InChI=1S/C12H10Cl2N2OS/c13-7-1-4-10(9(14)5-7)15-12-16(8-2-3-8)11(17)6-18-12/h1,4-5,8H,2-3,6H2/b15-12-. The highest BCUT2D eigenvalue weighted by Crippen LogP contribution is 2.36. The van der Waals surface area contributed by atoms with E-state index >= 15 is 0 Å². The zero-order chi connectivity index (χ0) is 12.7. The summed E-state index contributed by atoms with van der Waals surface area (Å²) >= 11 is 13.4. The molecule has 1 aliphatic heterocycles. The molecule has 0 unspecified atom stereocenters. The van der Waals surface area contributed by atoms with Crippen molar-refractivity contribution in [2.75, 3.05) is 5.75 Å². The van der Waals surface area contributed by atoms with Gasteiger partial charge in [-0.15, -0.1) is 0 Å². The molecule has 1 saturated carbocycles. The van der Waals surface area contributed by atoms with Gasteiger partial charge >= 0.3 is 0 Å². The van der Waals surface area contributed by atoms with Crippen LogP contribution in [-0.2, 0) is 4.79 Å². The summed E-state index contributed by atoms with van der Waals surface area (Å²) in [4.78, 5) is 18.1. The Bertz CT molecular complexity index is 543. The van der Waals surface area contributed by atoms with Crippen LogP contribution in [-0.4, -0.2) is 27.8 Å². The highest BCUT2D eigenvalue weighted by Gasteiger charge is 2.40. The van der Waals surface area contributed by atoms with E-state index < -0.39 is 0 Å². The van der Waals surface area contributed by atoms with Gasteiger partial charge in [0.05, 0.1) is 16.5 Å². The molecular weight excluding hydrogens is 291 g/mol. The minimum absolute atomic E-state index is 0.145. The summed E-state index contributed by atoms with van der Waals surface area (Å²) in [5, 5.41) is 1.84. The number of benzene rings is 1. The first-order chi connectivity index (χ1) is 8.65. The zero-order valence-corrected chi connectivity index (χ0v) is 11.7. The van der Waals surface area contributed by atoms with E-state index in [1.165, 1.54) is 11.8 Å². The van der Waals surface area contributed by atoms with Crippen molar-refractivity contribution in [3.63, 3.8) is 0 Å². The van der Waals surface area contributed by atoms with Crippen molar-refractivity contribution in [1.82, 2.24) is 4.90 Å². The number of rotatable bonds is 2. The van der Waals surface area contributed by atoms with Crippen molar-refractivity contribution in [3.8, 4) is 0 Å². The summed E-state index contributed by atoms with van der Waals surface area (Å²) in [5.74, 6) is 0.618. The molecule has 2 fully saturated rings. The largest absolute Gasteiger partial charge is 0.287 e. The van der Waals surface area contributed by atoms with Gasteiger partial charge in [0, 0.05) is 11.1 Å². The summed E-state index contributed by atoms with van der Waals surface area (Å²) in [7, 11) is 0. The van der Waals surface area contributed by atoms with E-state index in [2.05, 4.69) is 4.99 Å².